The smallest absolute Gasteiger partial charge is 0.251 e. The highest BCUT2D eigenvalue weighted by molar-refractivity contribution is 5.94. The summed E-state index contributed by atoms with van der Waals surface area (Å²) in [6.07, 6.45) is 0. The van der Waals surface area contributed by atoms with E-state index in [0.717, 1.165) is 24.4 Å². The van der Waals surface area contributed by atoms with Gasteiger partial charge in [-0.05, 0) is 35.9 Å². The van der Waals surface area contributed by atoms with Crippen LogP contribution in [0.2, 0.25) is 0 Å². The molecule has 1 atom stereocenters. The Kier molecular flexibility index (Phi) is 7.32. The van der Waals surface area contributed by atoms with Crippen molar-refractivity contribution in [2.45, 2.75) is 6.04 Å². The number of carbonyl (C=O) groups excluding carboxylic acids is 1. The van der Waals surface area contributed by atoms with Gasteiger partial charge in [0.15, 0.2) is 11.5 Å². The number of hydrogen-bond donors (Lipinski definition) is 1. The fraction of sp³-hybridized carbons (Fsp3) is 0.409. The van der Waals surface area contributed by atoms with Crippen molar-refractivity contribution < 1.29 is 23.7 Å². The lowest BCUT2D eigenvalue weighted by Gasteiger charge is -2.35. The summed E-state index contributed by atoms with van der Waals surface area (Å²) >= 11 is 0. The van der Waals surface area contributed by atoms with Crippen molar-refractivity contribution >= 4 is 5.91 Å². The number of methoxy groups -OCH3 is 3. The van der Waals surface area contributed by atoms with Gasteiger partial charge in [0.25, 0.3) is 5.91 Å². The van der Waals surface area contributed by atoms with Crippen LogP contribution < -0.4 is 19.5 Å². The first-order chi connectivity index (χ1) is 14.2. The zero-order valence-electron chi connectivity index (χ0n) is 17.1. The summed E-state index contributed by atoms with van der Waals surface area (Å²) in [5, 5.41) is 3.06. The molecule has 0 radical (unpaired) electrons. The maximum absolute atomic E-state index is 12.8. The van der Waals surface area contributed by atoms with E-state index in [4.69, 9.17) is 18.9 Å². The quantitative estimate of drug-likeness (QED) is 0.734. The monoisotopic (exact) mass is 400 g/mol. The van der Waals surface area contributed by atoms with Gasteiger partial charge in [-0.15, -0.1) is 0 Å². The van der Waals surface area contributed by atoms with Gasteiger partial charge in [0.1, 0.15) is 5.75 Å². The second-order valence-corrected chi connectivity index (χ2v) is 6.72. The summed E-state index contributed by atoms with van der Waals surface area (Å²) in [6.45, 7) is 3.51. The van der Waals surface area contributed by atoms with Crippen molar-refractivity contribution in [1.82, 2.24) is 10.2 Å². The molecule has 3 rings (SSSR count). The lowest BCUT2D eigenvalue weighted by molar-refractivity contribution is 0.0162. The molecule has 0 bridgehead atoms. The van der Waals surface area contributed by atoms with Crippen molar-refractivity contribution in [3.8, 4) is 17.2 Å². The highest BCUT2D eigenvalue weighted by Crippen LogP contribution is 2.28. The first-order valence-corrected chi connectivity index (χ1v) is 9.62. The van der Waals surface area contributed by atoms with Crippen LogP contribution in [0, 0.1) is 0 Å². The molecule has 156 valence electrons. The number of nitrogens with zero attached hydrogens (tertiary/aromatic N) is 1. The molecule has 1 amide bonds. The maximum atomic E-state index is 12.8. The molecule has 2 aromatic rings. The Hall–Kier alpha value is -2.77. The molecule has 0 aliphatic carbocycles. The van der Waals surface area contributed by atoms with Crippen LogP contribution >= 0.6 is 0 Å². The third-order valence-electron chi connectivity index (χ3n) is 5.09. The second kappa shape index (κ2) is 10.1. The van der Waals surface area contributed by atoms with E-state index in [1.54, 1.807) is 39.5 Å². The topological polar surface area (TPSA) is 69.3 Å². The summed E-state index contributed by atoms with van der Waals surface area (Å²) < 4.78 is 21.3. The lowest BCUT2D eigenvalue weighted by atomic mass is 10.0. The zero-order chi connectivity index (χ0) is 20.6. The number of morpholine rings is 1. The molecule has 1 N–H and O–H groups in total. The van der Waals surface area contributed by atoms with E-state index in [-0.39, 0.29) is 11.9 Å². The van der Waals surface area contributed by atoms with Gasteiger partial charge in [-0.3, -0.25) is 9.69 Å². The largest absolute Gasteiger partial charge is 0.497 e. The van der Waals surface area contributed by atoms with Crippen LogP contribution in [0.4, 0.5) is 0 Å². The van der Waals surface area contributed by atoms with E-state index in [1.807, 2.05) is 24.3 Å². The summed E-state index contributed by atoms with van der Waals surface area (Å²) in [6, 6.07) is 13.2. The molecule has 0 spiro atoms. The number of ether oxygens (including phenoxy) is 4. The fourth-order valence-corrected chi connectivity index (χ4v) is 3.44. The van der Waals surface area contributed by atoms with E-state index < -0.39 is 0 Å². The van der Waals surface area contributed by atoms with Gasteiger partial charge in [-0.1, -0.05) is 12.1 Å². The molecule has 0 aromatic heterocycles. The predicted molar refractivity (Wildman–Crippen MR) is 110 cm³/mol. The van der Waals surface area contributed by atoms with Gasteiger partial charge < -0.3 is 24.3 Å². The first kappa shape index (κ1) is 21.0. The number of hydrogen-bond acceptors (Lipinski definition) is 6. The van der Waals surface area contributed by atoms with Gasteiger partial charge in [0.2, 0.25) is 0 Å². The number of rotatable bonds is 8. The summed E-state index contributed by atoms with van der Waals surface area (Å²) in [7, 11) is 4.77. The minimum absolute atomic E-state index is 0.0499. The van der Waals surface area contributed by atoms with Crippen molar-refractivity contribution in [3.63, 3.8) is 0 Å². The molecule has 1 aliphatic rings. The summed E-state index contributed by atoms with van der Waals surface area (Å²) in [5.74, 6) is 1.77. The van der Waals surface area contributed by atoms with Crippen LogP contribution in [0.15, 0.2) is 42.5 Å². The van der Waals surface area contributed by atoms with E-state index in [1.165, 1.54) is 0 Å². The highest BCUT2D eigenvalue weighted by atomic mass is 16.5. The van der Waals surface area contributed by atoms with Gasteiger partial charge in [0, 0.05) is 25.2 Å². The Balaban J connectivity index is 1.74. The SMILES string of the molecule is COc1ccc([C@@H](CNC(=O)c2ccc(OC)c(OC)c2)N2CCOCC2)cc1. The fourth-order valence-electron chi connectivity index (χ4n) is 3.44. The molecule has 0 saturated carbocycles. The van der Waals surface area contributed by atoms with E-state index in [2.05, 4.69) is 10.2 Å². The third kappa shape index (κ3) is 5.19. The highest BCUT2D eigenvalue weighted by Gasteiger charge is 2.23. The van der Waals surface area contributed by atoms with Crippen molar-refractivity contribution in [2.24, 2.45) is 0 Å². The molecule has 2 aromatic carbocycles. The van der Waals surface area contributed by atoms with E-state index >= 15 is 0 Å². The molecule has 1 heterocycles. The summed E-state index contributed by atoms with van der Waals surface area (Å²) in [5.41, 5.74) is 1.65. The molecule has 0 unspecified atom stereocenters. The standard InChI is InChI=1S/C22H28N2O5/c1-26-18-7-4-16(5-8-18)19(24-10-12-29-13-11-24)15-23-22(25)17-6-9-20(27-2)21(14-17)28-3/h4-9,14,19H,10-13,15H2,1-3H3,(H,23,25)/t19-/m1/s1. The first-order valence-electron chi connectivity index (χ1n) is 9.62. The van der Waals surface area contributed by atoms with Crippen molar-refractivity contribution in [1.29, 1.82) is 0 Å². The average molecular weight is 400 g/mol. The number of amides is 1. The predicted octanol–water partition coefficient (Wildman–Crippen LogP) is 2.52. The number of carbonyl (C=O) groups is 1. The van der Waals surface area contributed by atoms with Gasteiger partial charge in [0.05, 0.1) is 40.6 Å². The molecular formula is C22H28N2O5. The molecule has 7 nitrogen and oxygen atoms in total. The van der Waals surface area contributed by atoms with Crippen LogP contribution in [-0.4, -0.2) is 65.0 Å². The molecule has 1 aliphatic heterocycles. The molecule has 29 heavy (non-hydrogen) atoms. The average Bonchev–Trinajstić information content (AvgIpc) is 2.79. The second-order valence-electron chi connectivity index (χ2n) is 6.72. The Labute approximate surface area is 171 Å². The van der Waals surface area contributed by atoms with Gasteiger partial charge in [-0.25, -0.2) is 0 Å². The normalized spacial score (nSPS) is 15.4. The minimum atomic E-state index is -0.155. The Morgan fingerprint density at radius 3 is 2.31 bits per heavy atom. The molecule has 1 saturated heterocycles. The molecule has 1 fully saturated rings. The van der Waals surface area contributed by atoms with E-state index in [9.17, 15) is 4.79 Å². The molecule has 7 heteroatoms. The maximum Gasteiger partial charge on any atom is 0.251 e. The number of benzene rings is 2. The van der Waals surface area contributed by atoms with Crippen molar-refractivity contribution in [3.05, 3.63) is 53.6 Å². The minimum Gasteiger partial charge on any atom is -0.497 e. The van der Waals surface area contributed by atoms with Crippen LogP contribution in [-0.2, 0) is 4.74 Å². The van der Waals surface area contributed by atoms with Gasteiger partial charge >= 0.3 is 0 Å². The summed E-state index contributed by atoms with van der Waals surface area (Å²) in [4.78, 5) is 15.1. The van der Waals surface area contributed by atoms with Crippen molar-refractivity contribution in [2.75, 3.05) is 54.2 Å². The Morgan fingerprint density at radius 1 is 1.00 bits per heavy atom. The Bertz CT molecular complexity index is 803. The zero-order valence-corrected chi connectivity index (χ0v) is 17.1. The third-order valence-corrected chi connectivity index (χ3v) is 5.09. The Morgan fingerprint density at radius 2 is 1.69 bits per heavy atom. The lowest BCUT2D eigenvalue weighted by Crippen LogP contribution is -2.43. The van der Waals surface area contributed by atoms with Gasteiger partial charge in [-0.2, -0.15) is 0 Å². The number of nitrogens with one attached hydrogen (secondary N) is 1. The van der Waals surface area contributed by atoms with Crippen LogP contribution in [0.3, 0.4) is 0 Å². The van der Waals surface area contributed by atoms with Crippen LogP contribution in [0.5, 0.6) is 17.2 Å². The molecular weight excluding hydrogens is 372 g/mol. The van der Waals surface area contributed by atoms with Crippen LogP contribution in [0.25, 0.3) is 0 Å². The van der Waals surface area contributed by atoms with E-state index in [0.29, 0.717) is 36.8 Å². The van der Waals surface area contributed by atoms with Crippen LogP contribution in [0.1, 0.15) is 22.0 Å².